The molecule has 1 aliphatic rings. The molecule has 0 bridgehead atoms. The molecule has 2 aromatic heterocycles. The molecule has 1 amide bonds. The number of benzene rings is 1. The van der Waals surface area contributed by atoms with Gasteiger partial charge in [0.15, 0.2) is 0 Å². The number of methoxy groups -OCH3 is 1. The fourth-order valence-corrected chi connectivity index (χ4v) is 4.62. The van der Waals surface area contributed by atoms with Crippen LogP contribution in [0.15, 0.2) is 54.0 Å². The lowest BCUT2D eigenvalue weighted by Crippen LogP contribution is -2.48. The van der Waals surface area contributed by atoms with Gasteiger partial charge in [-0.2, -0.15) is 0 Å². The second kappa shape index (κ2) is 9.88. The number of carbonyl (C=O) groups excluding carboxylic acids is 2. The van der Waals surface area contributed by atoms with Crippen molar-refractivity contribution >= 4 is 34.0 Å². The third-order valence-electron chi connectivity index (χ3n) is 5.30. The lowest BCUT2D eigenvalue weighted by Gasteiger charge is -2.34. The van der Waals surface area contributed by atoms with Crippen LogP contribution in [-0.4, -0.2) is 61.6 Å². The number of nitrogens with zero attached hydrogens (tertiary/aromatic N) is 3. The maximum atomic E-state index is 13.3. The van der Waals surface area contributed by atoms with Crippen LogP contribution in [0.4, 0.5) is 15.2 Å². The van der Waals surface area contributed by atoms with Gasteiger partial charge in [-0.1, -0.05) is 18.2 Å². The van der Waals surface area contributed by atoms with Crippen LogP contribution in [-0.2, 0) is 9.53 Å². The maximum absolute atomic E-state index is 13.3. The monoisotopic (exact) mass is 454 g/mol. The minimum absolute atomic E-state index is 0.200. The maximum Gasteiger partial charge on any atom is 0.341 e. The minimum atomic E-state index is -0.551. The van der Waals surface area contributed by atoms with E-state index in [-0.39, 0.29) is 23.8 Å². The van der Waals surface area contributed by atoms with Crippen LogP contribution in [0.5, 0.6) is 0 Å². The first kappa shape index (κ1) is 21.9. The summed E-state index contributed by atoms with van der Waals surface area (Å²) in [6, 6.07) is 11.7. The number of hydrogen-bond donors (Lipinski definition) is 1. The summed E-state index contributed by atoms with van der Waals surface area (Å²) >= 11 is 1.25. The number of hydrogen-bond acceptors (Lipinski definition) is 7. The minimum Gasteiger partial charge on any atom is -0.465 e. The van der Waals surface area contributed by atoms with Gasteiger partial charge in [-0.25, -0.2) is 14.2 Å². The molecule has 0 unspecified atom stereocenters. The summed E-state index contributed by atoms with van der Waals surface area (Å²) in [6.07, 6.45) is 1.77. The summed E-state index contributed by atoms with van der Waals surface area (Å²) in [4.78, 5) is 33.8. The Morgan fingerprint density at radius 3 is 2.53 bits per heavy atom. The summed E-state index contributed by atoms with van der Waals surface area (Å²) in [5, 5.41) is 5.04. The second-order valence-electron chi connectivity index (χ2n) is 7.35. The number of piperazine rings is 1. The Morgan fingerprint density at radius 2 is 1.88 bits per heavy atom. The third-order valence-corrected chi connectivity index (χ3v) is 6.20. The molecule has 3 heterocycles. The van der Waals surface area contributed by atoms with E-state index in [0.717, 1.165) is 32.0 Å². The molecule has 0 saturated carbocycles. The highest BCUT2D eigenvalue weighted by atomic mass is 32.1. The number of nitrogens with one attached hydrogen (secondary N) is 1. The summed E-state index contributed by atoms with van der Waals surface area (Å²) in [7, 11) is 1.29. The number of pyridine rings is 1. The Kier molecular flexibility index (Phi) is 6.77. The zero-order valence-corrected chi connectivity index (χ0v) is 18.4. The van der Waals surface area contributed by atoms with E-state index in [1.165, 1.54) is 30.6 Å². The molecule has 1 aromatic carbocycles. The van der Waals surface area contributed by atoms with Crippen LogP contribution in [0.1, 0.15) is 10.4 Å². The van der Waals surface area contributed by atoms with Crippen LogP contribution < -0.4 is 10.2 Å². The Morgan fingerprint density at radius 1 is 1.12 bits per heavy atom. The van der Waals surface area contributed by atoms with Crippen LogP contribution in [0, 0.1) is 5.82 Å². The molecule has 4 rings (SSSR count). The summed E-state index contributed by atoms with van der Waals surface area (Å²) < 4.78 is 18.2. The quantitative estimate of drug-likeness (QED) is 0.575. The van der Waals surface area contributed by atoms with Gasteiger partial charge in [-0.15, -0.1) is 11.3 Å². The molecule has 7 nitrogen and oxygen atoms in total. The molecule has 0 radical (unpaired) electrons. The van der Waals surface area contributed by atoms with Crippen molar-refractivity contribution in [3.8, 4) is 11.1 Å². The lowest BCUT2D eigenvalue weighted by atomic mass is 10.0. The second-order valence-corrected chi connectivity index (χ2v) is 8.23. The fraction of sp³-hybridized carbons (Fsp3) is 0.261. The van der Waals surface area contributed by atoms with Gasteiger partial charge in [0.2, 0.25) is 5.91 Å². The first-order valence-corrected chi connectivity index (χ1v) is 11.1. The van der Waals surface area contributed by atoms with Gasteiger partial charge in [-0.3, -0.25) is 9.69 Å². The van der Waals surface area contributed by atoms with Gasteiger partial charge in [0.05, 0.1) is 13.7 Å². The van der Waals surface area contributed by atoms with Crippen molar-refractivity contribution < 1.29 is 18.7 Å². The predicted molar refractivity (Wildman–Crippen MR) is 123 cm³/mol. The number of ether oxygens (including phenoxy) is 1. The average Bonchev–Trinajstić information content (AvgIpc) is 3.23. The molecule has 1 fully saturated rings. The molecular formula is C23H23FN4O3S. The Bertz CT molecular complexity index is 1080. The van der Waals surface area contributed by atoms with Crippen LogP contribution in [0.2, 0.25) is 0 Å². The zero-order valence-electron chi connectivity index (χ0n) is 17.6. The Hall–Kier alpha value is -3.30. The summed E-state index contributed by atoms with van der Waals surface area (Å²) in [5.74, 6) is -0.176. The van der Waals surface area contributed by atoms with Gasteiger partial charge in [0, 0.05) is 43.3 Å². The van der Waals surface area contributed by atoms with E-state index < -0.39 is 5.97 Å². The van der Waals surface area contributed by atoms with E-state index in [0.29, 0.717) is 16.1 Å². The van der Waals surface area contributed by atoms with Gasteiger partial charge >= 0.3 is 5.97 Å². The highest BCUT2D eigenvalue weighted by molar-refractivity contribution is 7.15. The number of amides is 1. The zero-order chi connectivity index (χ0) is 22.5. The topological polar surface area (TPSA) is 74.8 Å². The van der Waals surface area contributed by atoms with E-state index in [1.54, 1.807) is 23.7 Å². The van der Waals surface area contributed by atoms with Crippen molar-refractivity contribution in [2.45, 2.75) is 0 Å². The predicted octanol–water partition coefficient (Wildman–Crippen LogP) is 3.50. The van der Waals surface area contributed by atoms with Crippen molar-refractivity contribution in [1.82, 2.24) is 9.88 Å². The molecular weight excluding hydrogens is 431 g/mol. The highest BCUT2D eigenvalue weighted by Gasteiger charge is 2.24. The molecule has 0 spiro atoms. The van der Waals surface area contributed by atoms with Crippen molar-refractivity contribution in [1.29, 1.82) is 0 Å². The number of rotatable bonds is 6. The van der Waals surface area contributed by atoms with Crippen molar-refractivity contribution in [2.24, 2.45) is 0 Å². The highest BCUT2D eigenvalue weighted by Crippen LogP contribution is 2.36. The van der Waals surface area contributed by atoms with Crippen molar-refractivity contribution in [2.75, 3.05) is 50.1 Å². The van der Waals surface area contributed by atoms with Crippen molar-refractivity contribution in [3.63, 3.8) is 0 Å². The SMILES string of the molecule is COC(=O)c1c(-c2ccc(F)cc2)csc1NC(=O)CN1CCN(c2ccccn2)CC1. The number of esters is 1. The summed E-state index contributed by atoms with van der Waals surface area (Å²) in [5.41, 5.74) is 1.55. The van der Waals surface area contributed by atoms with Gasteiger partial charge in [0.25, 0.3) is 0 Å². The standard InChI is InChI=1S/C23H23FN4O3S/c1-31-23(30)21-18(16-5-7-17(24)8-6-16)15-32-22(21)26-20(29)14-27-10-12-28(13-11-27)19-4-2-3-9-25-19/h2-9,15H,10-14H2,1H3,(H,26,29). The Labute approximate surface area is 189 Å². The molecule has 3 aromatic rings. The smallest absolute Gasteiger partial charge is 0.341 e. The molecule has 32 heavy (non-hydrogen) atoms. The van der Waals surface area contributed by atoms with Gasteiger partial charge in [0.1, 0.15) is 22.2 Å². The molecule has 0 atom stereocenters. The molecule has 1 N–H and O–H groups in total. The molecule has 166 valence electrons. The molecule has 0 aliphatic carbocycles. The number of thiophene rings is 1. The van der Waals surface area contributed by atoms with Crippen molar-refractivity contribution in [3.05, 3.63) is 65.4 Å². The van der Waals surface area contributed by atoms with Crippen LogP contribution >= 0.6 is 11.3 Å². The van der Waals surface area contributed by atoms with Crippen LogP contribution in [0.25, 0.3) is 11.1 Å². The van der Waals surface area contributed by atoms with Crippen LogP contribution in [0.3, 0.4) is 0 Å². The Balaban J connectivity index is 1.41. The third kappa shape index (κ3) is 4.95. The van der Waals surface area contributed by atoms with Gasteiger partial charge < -0.3 is 15.0 Å². The van der Waals surface area contributed by atoms with E-state index in [4.69, 9.17) is 4.74 Å². The number of carbonyl (C=O) groups is 2. The summed E-state index contributed by atoms with van der Waals surface area (Å²) in [6.45, 7) is 3.26. The van der Waals surface area contributed by atoms with E-state index in [2.05, 4.69) is 20.1 Å². The first-order valence-electron chi connectivity index (χ1n) is 10.2. The first-order chi connectivity index (χ1) is 15.5. The van der Waals surface area contributed by atoms with E-state index >= 15 is 0 Å². The van der Waals surface area contributed by atoms with Gasteiger partial charge in [-0.05, 0) is 29.8 Å². The largest absolute Gasteiger partial charge is 0.465 e. The lowest BCUT2D eigenvalue weighted by molar-refractivity contribution is -0.117. The molecule has 1 aliphatic heterocycles. The normalized spacial score (nSPS) is 14.2. The van der Waals surface area contributed by atoms with E-state index in [1.807, 2.05) is 18.2 Å². The fourth-order valence-electron chi connectivity index (χ4n) is 3.64. The molecule has 9 heteroatoms. The number of aromatic nitrogens is 1. The number of halogens is 1. The van der Waals surface area contributed by atoms with E-state index in [9.17, 15) is 14.0 Å². The molecule has 1 saturated heterocycles. The average molecular weight is 455 g/mol. The number of anilines is 2.